The maximum Gasteiger partial charge on any atom is 0.337 e. The van der Waals surface area contributed by atoms with Crippen molar-refractivity contribution in [3.05, 3.63) is 29.3 Å². The van der Waals surface area contributed by atoms with Crippen LogP contribution in [-0.2, 0) is 0 Å². The molecule has 6 nitrogen and oxygen atoms in total. The summed E-state index contributed by atoms with van der Waals surface area (Å²) in [5, 5.41) is 17.5. The third-order valence-corrected chi connectivity index (χ3v) is 2.72. The summed E-state index contributed by atoms with van der Waals surface area (Å²) in [7, 11) is 0. The molecule has 20 heavy (non-hydrogen) atoms. The quantitative estimate of drug-likeness (QED) is 0.573. The van der Waals surface area contributed by atoms with E-state index < -0.39 is 12.0 Å². The maximum absolute atomic E-state index is 11.7. The zero-order valence-corrected chi connectivity index (χ0v) is 11.8. The molecule has 1 rings (SSSR count). The molecule has 0 aliphatic heterocycles. The highest BCUT2D eigenvalue weighted by atomic mass is 16.4. The van der Waals surface area contributed by atoms with E-state index in [-0.39, 0.29) is 5.56 Å². The van der Waals surface area contributed by atoms with Gasteiger partial charge < -0.3 is 21.1 Å². The molecule has 2 amide bonds. The third kappa shape index (κ3) is 5.27. The second-order valence-corrected chi connectivity index (χ2v) is 4.44. The highest BCUT2D eigenvalue weighted by Crippen LogP contribution is 2.17. The van der Waals surface area contributed by atoms with Gasteiger partial charge in [0, 0.05) is 6.54 Å². The summed E-state index contributed by atoms with van der Waals surface area (Å²) < 4.78 is 0. The summed E-state index contributed by atoms with van der Waals surface area (Å²) in [6, 6.07) is 4.49. The summed E-state index contributed by atoms with van der Waals surface area (Å²) in [6.07, 6.45) is 0.820. The van der Waals surface area contributed by atoms with Crippen LogP contribution in [0.4, 0.5) is 10.5 Å². The molecule has 0 heterocycles. The van der Waals surface area contributed by atoms with Crippen molar-refractivity contribution in [3.63, 3.8) is 0 Å². The van der Waals surface area contributed by atoms with Crippen molar-refractivity contribution < 1.29 is 14.7 Å². The average Bonchev–Trinajstić information content (AvgIpc) is 2.40. The molecule has 0 atom stereocenters. The third-order valence-electron chi connectivity index (χ3n) is 2.72. The number of aromatic carboxylic acids is 1. The number of benzene rings is 1. The Kier molecular flexibility index (Phi) is 6.52. The number of hydrogen-bond donors (Lipinski definition) is 4. The van der Waals surface area contributed by atoms with E-state index >= 15 is 0 Å². The van der Waals surface area contributed by atoms with Crippen molar-refractivity contribution in [2.75, 3.05) is 25.0 Å². The van der Waals surface area contributed by atoms with Crippen LogP contribution in [0, 0.1) is 6.92 Å². The highest BCUT2D eigenvalue weighted by Gasteiger charge is 2.12. The van der Waals surface area contributed by atoms with Crippen LogP contribution >= 0.6 is 0 Å². The maximum atomic E-state index is 11.7. The number of rotatable bonds is 7. The molecule has 0 radical (unpaired) electrons. The number of carboxylic acid groups (broad SMARTS) is 1. The van der Waals surface area contributed by atoms with Gasteiger partial charge in [0.05, 0.1) is 11.3 Å². The van der Waals surface area contributed by atoms with Gasteiger partial charge >= 0.3 is 12.0 Å². The minimum absolute atomic E-state index is 0.0906. The number of hydrogen-bond acceptors (Lipinski definition) is 3. The van der Waals surface area contributed by atoms with Crippen molar-refractivity contribution in [3.8, 4) is 0 Å². The van der Waals surface area contributed by atoms with Crippen LogP contribution in [0.1, 0.15) is 29.3 Å². The summed E-state index contributed by atoms with van der Waals surface area (Å²) >= 11 is 0. The van der Waals surface area contributed by atoms with E-state index in [9.17, 15) is 9.59 Å². The highest BCUT2D eigenvalue weighted by molar-refractivity contribution is 6.00. The zero-order chi connectivity index (χ0) is 15.0. The van der Waals surface area contributed by atoms with Crippen molar-refractivity contribution in [1.82, 2.24) is 10.6 Å². The monoisotopic (exact) mass is 279 g/mol. The summed E-state index contributed by atoms with van der Waals surface area (Å²) in [4.78, 5) is 22.8. The molecule has 0 spiro atoms. The van der Waals surface area contributed by atoms with Crippen LogP contribution in [0.15, 0.2) is 18.2 Å². The molecule has 0 saturated heterocycles. The Bertz CT molecular complexity index is 475. The number of carboxylic acids is 1. The van der Waals surface area contributed by atoms with E-state index in [1.807, 2.05) is 6.92 Å². The van der Waals surface area contributed by atoms with Gasteiger partial charge in [0.25, 0.3) is 0 Å². The van der Waals surface area contributed by atoms with E-state index in [1.165, 1.54) is 6.07 Å². The number of urea groups is 1. The Morgan fingerprint density at radius 3 is 2.65 bits per heavy atom. The van der Waals surface area contributed by atoms with Crippen LogP contribution < -0.4 is 16.0 Å². The molecule has 0 bridgehead atoms. The molecule has 6 heteroatoms. The fraction of sp³-hybridized carbons (Fsp3) is 0.429. The van der Waals surface area contributed by atoms with E-state index in [0.29, 0.717) is 12.2 Å². The van der Waals surface area contributed by atoms with Gasteiger partial charge in [-0.25, -0.2) is 9.59 Å². The normalized spacial score (nSPS) is 10.1. The minimum Gasteiger partial charge on any atom is -0.478 e. The van der Waals surface area contributed by atoms with Gasteiger partial charge in [-0.2, -0.15) is 0 Å². The number of anilines is 1. The number of amides is 2. The fourth-order valence-electron chi connectivity index (χ4n) is 1.70. The molecule has 0 unspecified atom stereocenters. The number of carbonyl (C=O) groups is 2. The SMILES string of the molecule is CCNCCCNC(=O)Nc1ccc(C)cc1C(=O)O. The predicted octanol–water partition coefficient (Wildman–Crippen LogP) is 1.81. The molecular weight excluding hydrogens is 258 g/mol. The van der Waals surface area contributed by atoms with Gasteiger partial charge in [-0.05, 0) is 38.6 Å². The first-order valence-electron chi connectivity index (χ1n) is 6.64. The molecule has 0 aromatic heterocycles. The van der Waals surface area contributed by atoms with Gasteiger partial charge in [0.15, 0.2) is 0 Å². The fourth-order valence-corrected chi connectivity index (χ4v) is 1.70. The van der Waals surface area contributed by atoms with Crippen LogP contribution in [0.25, 0.3) is 0 Å². The molecule has 1 aromatic carbocycles. The van der Waals surface area contributed by atoms with Crippen LogP contribution in [0.5, 0.6) is 0 Å². The largest absolute Gasteiger partial charge is 0.478 e. The standard InChI is InChI=1S/C14H21N3O3/c1-3-15-7-4-8-16-14(20)17-12-6-5-10(2)9-11(12)13(18)19/h5-6,9,15H,3-4,7-8H2,1-2H3,(H,18,19)(H2,16,17,20). The molecule has 4 N–H and O–H groups in total. The second-order valence-electron chi connectivity index (χ2n) is 4.44. The minimum atomic E-state index is -1.06. The molecule has 0 aliphatic carbocycles. The number of carbonyl (C=O) groups excluding carboxylic acids is 1. The first-order chi connectivity index (χ1) is 9.54. The molecule has 0 saturated carbocycles. The Balaban J connectivity index is 2.51. The smallest absolute Gasteiger partial charge is 0.337 e. The Labute approximate surface area is 118 Å². The van der Waals surface area contributed by atoms with Gasteiger partial charge in [-0.1, -0.05) is 18.6 Å². The molecule has 0 aliphatic rings. The number of aryl methyl sites for hydroxylation is 1. The van der Waals surface area contributed by atoms with Crippen molar-refractivity contribution in [2.24, 2.45) is 0 Å². The van der Waals surface area contributed by atoms with E-state index in [2.05, 4.69) is 16.0 Å². The lowest BCUT2D eigenvalue weighted by Gasteiger charge is -2.10. The molecule has 0 fully saturated rings. The summed E-state index contributed by atoms with van der Waals surface area (Å²) in [6.45, 7) is 6.09. The summed E-state index contributed by atoms with van der Waals surface area (Å²) in [5.41, 5.74) is 1.22. The van der Waals surface area contributed by atoms with Gasteiger partial charge in [-0.15, -0.1) is 0 Å². The van der Waals surface area contributed by atoms with Crippen LogP contribution in [0.2, 0.25) is 0 Å². The van der Waals surface area contributed by atoms with E-state index in [4.69, 9.17) is 5.11 Å². The van der Waals surface area contributed by atoms with Gasteiger partial charge in [-0.3, -0.25) is 0 Å². The van der Waals surface area contributed by atoms with Gasteiger partial charge in [0.2, 0.25) is 0 Å². The van der Waals surface area contributed by atoms with E-state index in [1.54, 1.807) is 19.1 Å². The Morgan fingerprint density at radius 2 is 2.00 bits per heavy atom. The Hall–Kier alpha value is -2.08. The molecule has 110 valence electrons. The summed E-state index contributed by atoms with van der Waals surface area (Å²) in [5.74, 6) is -1.06. The topological polar surface area (TPSA) is 90.5 Å². The first-order valence-corrected chi connectivity index (χ1v) is 6.64. The van der Waals surface area contributed by atoms with E-state index in [0.717, 1.165) is 25.1 Å². The lowest BCUT2D eigenvalue weighted by atomic mass is 10.1. The second kappa shape index (κ2) is 8.16. The zero-order valence-electron chi connectivity index (χ0n) is 11.8. The van der Waals surface area contributed by atoms with Crippen LogP contribution in [-0.4, -0.2) is 36.7 Å². The Morgan fingerprint density at radius 1 is 1.25 bits per heavy atom. The van der Waals surface area contributed by atoms with Crippen molar-refractivity contribution >= 4 is 17.7 Å². The number of nitrogens with one attached hydrogen (secondary N) is 3. The van der Waals surface area contributed by atoms with Crippen molar-refractivity contribution in [1.29, 1.82) is 0 Å². The van der Waals surface area contributed by atoms with Crippen LogP contribution in [0.3, 0.4) is 0 Å². The average molecular weight is 279 g/mol. The lowest BCUT2D eigenvalue weighted by Crippen LogP contribution is -2.31. The molecule has 1 aromatic rings. The van der Waals surface area contributed by atoms with Crippen molar-refractivity contribution in [2.45, 2.75) is 20.3 Å². The molecular formula is C14H21N3O3. The van der Waals surface area contributed by atoms with Gasteiger partial charge in [0.1, 0.15) is 0 Å². The predicted molar refractivity (Wildman–Crippen MR) is 78.3 cm³/mol. The first kappa shape index (κ1) is 16.0. The lowest BCUT2D eigenvalue weighted by molar-refractivity contribution is 0.0698.